The van der Waals surface area contributed by atoms with E-state index in [1.54, 1.807) is 19.1 Å². The molecule has 0 aliphatic rings. The minimum atomic E-state index is -0.830. The first kappa shape index (κ1) is 28.2. The Morgan fingerprint density at radius 1 is 1.05 bits per heavy atom. The number of carbonyl (C=O) groups is 1. The number of hydrogen-bond donors (Lipinski definition) is 2. The molecule has 5 rings (SSSR count). The third-order valence-electron chi connectivity index (χ3n) is 6.20. The average Bonchev–Trinajstić information content (AvgIpc) is 2.99. The van der Waals surface area contributed by atoms with Crippen LogP contribution in [-0.2, 0) is 0 Å². The molecule has 2 heterocycles. The summed E-state index contributed by atoms with van der Waals surface area (Å²) in [6.45, 7) is 1.39. The predicted octanol–water partition coefficient (Wildman–Crippen LogP) is 5.02. The number of nitrogens with one attached hydrogen (secondary N) is 1. The summed E-state index contributed by atoms with van der Waals surface area (Å²) in [5.74, 6) is -1.77. The van der Waals surface area contributed by atoms with Crippen molar-refractivity contribution in [3.05, 3.63) is 102 Å². The predicted molar refractivity (Wildman–Crippen MR) is 148 cm³/mol. The first-order valence-corrected chi connectivity index (χ1v) is 12.7. The minimum absolute atomic E-state index is 0.0280. The van der Waals surface area contributed by atoms with E-state index in [4.69, 9.17) is 14.2 Å². The Labute approximate surface area is 238 Å². The van der Waals surface area contributed by atoms with Gasteiger partial charge in [0, 0.05) is 29.4 Å². The maximum Gasteiger partial charge on any atom is 0.321 e. The fourth-order valence-corrected chi connectivity index (χ4v) is 4.13. The van der Waals surface area contributed by atoms with Crippen LogP contribution < -0.4 is 24.3 Å². The van der Waals surface area contributed by atoms with E-state index in [0.717, 1.165) is 6.07 Å². The molecule has 2 aromatic heterocycles. The van der Waals surface area contributed by atoms with Gasteiger partial charge in [-0.25, -0.2) is 18.7 Å². The van der Waals surface area contributed by atoms with Gasteiger partial charge >= 0.3 is 5.91 Å². The number of aromatic nitrogens is 3. The topological polar surface area (TPSA) is 130 Å². The smallest absolute Gasteiger partial charge is 0.321 e. The van der Waals surface area contributed by atoms with E-state index in [9.17, 15) is 19.5 Å². The van der Waals surface area contributed by atoms with Gasteiger partial charge in [0.1, 0.15) is 23.6 Å². The molecule has 0 saturated carbocycles. The molecule has 5 aromatic rings. The molecule has 3 aromatic carbocycles. The molecule has 42 heavy (non-hydrogen) atoms. The molecular formula is C30H24F2N4O6. The largest absolute Gasteiger partial charge is 0.618 e. The zero-order valence-corrected chi connectivity index (χ0v) is 22.4. The van der Waals surface area contributed by atoms with Crippen molar-refractivity contribution in [3.8, 4) is 34.4 Å². The summed E-state index contributed by atoms with van der Waals surface area (Å²) in [6, 6.07) is 16.6. The van der Waals surface area contributed by atoms with Crippen molar-refractivity contribution in [1.82, 2.24) is 9.97 Å². The minimum Gasteiger partial charge on any atom is -0.618 e. The van der Waals surface area contributed by atoms with Gasteiger partial charge in [-0.3, -0.25) is 4.79 Å². The molecule has 0 fully saturated rings. The van der Waals surface area contributed by atoms with Crippen molar-refractivity contribution in [2.45, 2.75) is 13.0 Å². The lowest BCUT2D eigenvalue weighted by molar-refractivity contribution is -0.595. The number of halogens is 2. The van der Waals surface area contributed by atoms with Crippen molar-refractivity contribution in [1.29, 1.82) is 0 Å². The van der Waals surface area contributed by atoms with Gasteiger partial charge in [0.2, 0.25) is 11.6 Å². The van der Waals surface area contributed by atoms with Gasteiger partial charge in [0.05, 0.1) is 19.2 Å². The highest BCUT2D eigenvalue weighted by Gasteiger charge is 2.22. The van der Waals surface area contributed by atoms with Crippen molar-refractivity contribution in [2.24, 2.45) is 0 Å². The lowest BCUT2D eigenvalue weighted by atomic mass is 10.1. The normalized spacial score (nSPS) is 11.6. The number of nitrogens with zero attached hydrogens (tertiary/aromatic N) is 3. The molecule has 0 aliphatic carbocycles. The van der Waals surface area contributed by atoms with Crippen LogP contribution >= 0.6 is 0 Å². The first-order valence-electron chi connectivity index (χ1n) is 12.7. The highest BCUT2D eigenvalue weighted by atomic mass is 19.1. The fraction of sp³-hybridized carbons (Fsp3) is 0.133. The highest BCUT2D eigenvalue weighted by molar-refractivity contribution is 6.02. The number of carbonyl (C=O) groups excluding carboxylic acids is 1. The maximum absolute atomic E-state index is 15.2. The standard InChI is InChI=1S/C30H24F2N4O6/c1-17(15-37)41-28-26(40-2)13-11-22-27(28)30(34-16-33-22)42-25-12-10-20(14-21(25)32)35-29(38)24-5-3-4-23(36(24)39)18-6-8-19(31)9-7-18/h3-14,16-17,37H,15H2,1-2H3,(H,35,38)/t17-/m1/s1. The fourth-order valence-electron chi connectivity index (χ4n) is 4.13. The number of anilines is 1. The molecule has 1 atom stereocenters. The zero-order chi connectivity index (χ0) is 29.8. The van der Waals surface area contributed by atoms with Crippen LogP contribution in [0.15, 0.2) is 79.1 Å². The Morgan fingerprint density at radius 2 is 1.81 bits per heavy atom. The monoisotopic (exact) mass is 574 g/mol. The average molecular weight is 575 g/mol. The van der Waals surface area contributed by atoms with E-state index in [1.165, 1.54) is 68.0 Å². The van der Waals surface area contributed by atoms with Crippen molar-refractivity contribution in [2.75, 3.05) is 19.0 Å². The summed E-state index contributed by atoms with van der Waals surface area (Å²) in [7, 11) is 1.45. The van der Waals surface area contributed by atoms with Crippen LogP contribution in [0.3, 0.4) is 0 Å². The van der Waals surface area contributed by atoms with E-state index in [-0.39, 0.29) is 41.1 Å². The first-order chi connectivity index (χ1) is 20.3. The Kier molecular flexibility index (Phi) is 8.07. The van der Waals surface area contributed by atoms with Gasteiger partial charge in [-0.2, -0.15) is 4.73 Å². The van der Waals surface area contributed by atoms with E-state index >= 15 is 4.39 Å². The number of fused-ring (bicyclic) bond motifs is 1. The number of pyridine rings is 1. The van der Waals surface area contributed by atoms with Crippen LogP contribution in [0.25, 0.3) is 22.2 Å². The van der Waals surface area contributed by atoms with Crippen LogP contribution in [0.5, 0.6) is 23.1 Å². The molecule has 1 amide bonds. The molecule has 0 bridgehead atoms. The molecule has 10 nitrogen and oxygen atoms in total. The summed E-state index contributed by atoms with van der Waals surface area (Å²) in [5.41, 5.74) is 0.806. The van der Waals surface area contributed by atoms with Gasteiger partial charge < -0.3 is 29.8 Å². The molecule has 0 unspecified atom stereocenters. The Morgan fingerprint density at radius 3 is 2.52 bits per heavy atom. The molecule has 12 heteroatoms. The molecule has 214 valence electrons. The van der Waals surface area contributed by atoms with Crippen molar-refractivity contribution in [3.63, 3.8) is 0 Å². The molecule has 0 radical (unpaired) electrons. The van der Waals surface area contributed by atoms with Crippen molar-refractivity contribution >= 4 is 22.5 Å². The van der Waals surface area contributed by atoms with Gasteiger partial charge in [-0.05, 0) is 61.5 Å². The second-order valence-electron chi connectivity index (χ2n) is 9.08. The van der Waals surface area contributed by atoms with Crippen LogP contribution in [0.2, 0.25) is 0 Å². The third-order valence-corrected chi connectivity index (χ3v) is 6.20. The molecule has 2 N–H and O–H groups in total. The summed E-state index contributed by atoms with van der Waals surface area (Å²) in [6.07, 6.45) is 0.648. The van der Waals surface area contributed by atoms with Crippen LogP contribution in [-0.4, -0.2) is 40.8 Å². The molecule has 0 spiro atoms. The van der Waals surface area contributed by atoms with E-state index < -0.39 is 23.6 Å². The van der Waals surface area contributed by atoms with Crippen molar-refractivity contribution < 1.29 is 37.6 Å². The Bertz CT molecular complexity index is 1770. The Balaban J connectivity index is 1.41. The maximum atomic E-state index is 15.2. The number of aliphatic hydroxyl groups excluding tert-OH is 1. The van der Waals surface area contributed by atoms with Gasteiger partial charge in [0.15, 0.2) is 23.1 Å². The lowest BCUT2D eigenvalue weighted by Crippen LogP contribution is -2.38. The van der Waals surface area contributed by atoms with Gasteiger partial charge in [-0.1, -0.05) is 0 Å². The molecular weight excluding hydrogens is 550 g/mol. The molecule has 0 aliphatic heterocycles. The Hall–Kier alpha value is -5.36. The second-order valence-corrected chi connectivity index (χ2v) is 9.08. The quantitative estimate of drug-likeness (QED) is 0.185. The number of aliphatic hydroxyl groups is 1. The van der Waals surface area contributed by atoms with E-state index in [1.807, 2.05) is 0 Å². The number of hydrogen-bond acceptors (Lipinski definition) is 8. The number of amides is 1. The SMILES string of the molecule is COc1ccc2ncnc(Oc3ccc(NC(=O)c4cccc(-c5ccc(F)cc5)[n+]4[O-])cc3F)c2c1O[C@H](C)CO. The summed E-state index contributed by atoms with van der Waals surface area (Å²) in [5, 5.41) is 25.2. The summed E-state index contributed by atoms with van der Waals surface area (Å²) >= 11 is 0. The van der Waals surface area contributed by atoms with E-state index in [0.29, 0.717) is 26.9 Å². The van der Waals surface area contributed by atoms with Crippen LogP contribution in [0.4, 0.5) is 14.5 Å². The van der Waals surface area contributed by atoms with Crippen LogP contribution in [0.1, 0.15) is 17.4 Å². The number of ether oxygens (including phenoxy) is 3. The van der Waals surface area contributed by atoms with Crippen LogP contribution in [0, 0.1) is 16.8 Å². The summed E-state index contributed by atoms with van der Waals surface area (Å²) < 4.78 is 45.9. The van der Waals surface area contributed by atoms with Gasteiger partial charge in [-0.15, -0.1) is 0 Å². The molecule has 0 saturated heterocycles. The second kappa shape index (κ2) is 12.0. The highest BCUT2D eigenvalue weighted by Crippen LogP contribution is 2.41. The van der Waals surface area contributed by atoms with Gasteiger partial charge in [0.25, 0.3) is 5.69 Å². The van der Waals surface area contributed by atoms with E-state index in [2.05, 4.69) is 15.3 Å². The summed E-state index contributed by atoms with van der Waals surface area (Å²) in [4.78, 5) is 21.3. The number of rotatable bonds is 9. The number of methoxy groups -OCH3 is 1. The number of benzene rings is 3. The zero-order valence-electron chi connectivity index (χ0n) is 22.4. The third kappa shape index (κ3) is 5.74. The lowest BCUT2D eigenvalue weighted by Gasteiger charge is -2.18.